The van der Waals surface area contributed by atoms with E-state index in [-0.39, 0.29) is 12.2 Å². The van der Waals surface area contributed by atoms with Gasteiger partial charge in [-0.05, 0) is 35.9 Å². The third-order valence-electron chi connectivity index (χ3n) is 2.58. The highest BCUT2D eigenvalue weighted by molar-refractivity contribution is 5.85. The summed E-state index contributed by atoms with van der Waals surface area (Å²) in [5.74, 6) is -1.51. The average Bonchev–Trinajstić information content (AvgIpc) is 2.77. The van der Waals surface area contributed by atoms with Crippen LogP contribution < -0.4 is 0 Å². The Labute approximate surface area is 103 Å². The standard InChI is InChI=1S/C13H9FN2O2/c14-11-4-3-9(7-15)10(6-11)8-16-5-1-2-12(16)13(17)18/h1-6H,8H2,(H,17,18). The Morgan fingerprint density at radius 2 is 2.22 bits per heavy atom. The molecule has 0 aliphatic heterocycles. The number of aromatic nitrogens is 1. The van der Waals surface area contributed by atoms with E-state index in [4.69, 9.17) is 10.4 Å². The number of rotatable bonds is 3. The Balaban J connectivity index is 2.40. The first-order chi connectivity index (χ1) is 8.61. The van der Waals surface area contributed by atoms with Crippen LogP contribution in [0.2, 0.25) is 0 Å². The first kappa shape index (κ1) is 11.9. The maximum absolute atomic E-state index is 13.1. The molecule has 1 N–H and O–H groups in total. The molecular weight excluding hydrogens is 235 g/mol. The topological polar surface area (TPSA) is 66.0 Å². The summed E-state index contributed by atoms with van der Waals surface area (Å²) in [6.45, 7) is 0.148. The zero-order valence-electron chi connectivity index (χ0n) is 9.30. The van der Waals surface area contributed by atoms with E-state index in [1.54, 1.807) is 12.3 Å². The van der Waals surface area contributed by atoms with Crippen LogP contribution in [0.4, 0.5) is 4.39 Å². The molecule has 0 amide bonds. The Bertz CT molecular complexity index is 641. The molecule has 0 spiro atoms. The van der Waals surface area contributed by atoms with Gasteiger partial charge >= 0.3 is 5.97 Å². The molecule has 0 saturated heterocycles. The van der Waals surface area contributed by atoms with Crippen molar-refractivity contribution in [1.29, 1.82) is 5.26 Å². The monoisotopic (exact) mass is 244 g/mol. The third kappa shape index (κ3) is 2.23. The van der Waals surface area contributed by atoms with Crippen LogP contribution in [0.25, 0.3) is 0 Å². The molecule has 0 bridgehead atoms. The Morgan fingerprint density at radius 3 is 2.89 bits per heavy atom. The number of benzene rings is 1. The smallest absolute Gasteiger partial charge is 0.352 e. The number of hydrogen-bond acceptors (Lipinski definition) is 2. The molecule has 2 rings (SSSR count). The lowest BCUT2D eigenvalue weighted by molar-refractivity contribution is 0.0685. The largest absolute Gasteiger partial charge is 0.477 e. The number of aromatic carboxylic acids is 1. The van der Waals surface area contributed by atoms with Crippen molar-refractivity contribution in [1.82, 2.24) is 4.57 Å². The van der Waals surface area contributed by atoms with Gasteiger partial charge in [0, 0.05) is 12.7 Å². The minimum Gasteiger partial charge on any atom is -0.477 e. The Hall–Kier alpha value is -2.61. The fraction of sp³-hybridized carbons (Fsp3) is 0.0769. The van der Waals surface area contributed by atoms with Gasteiger partial charge in [-0.1, -0.05) is 0 Å². The van der Waals surface area contributed by atoms with Crippen molar-refractivity contribution in [3.8, 4) is 6.07 Å². The van der Waals surface area contributed by atoms with Crippen LogP contribution >= 0.6 is 0 Å². The van der Waals surface area contributed by atoms with Crippen LogP contribution in [0, 0.1) is 17.1 Å². The van der Waals surface area contributed by atoms with Gasteiger partial charge in [0.1, 0.15) is 11.5 Å². The van der Waals surface area contributed by atoms with Crippen molar-refractivity contribution in [2.45, 2.75) is 6.54 Å². The summed E-state index contributed by atoms with van der Waals surface area (Å²) < 4.78 is 14.6. The van der Waals surface area contributed by atoms with Crippen LogP contribution in [0.5, 0.6) is 0 Å². The molecule has 1 heterocycles. The summed E-state index contributed by atoms with van der Waals surface area (Å²) in [7, 11) is 0. The quantitative estimate of drug-likeness (QED) is 0.900. The SMILES string of the molecule is N#Cc1ccc(F)cc1Cn1cccc1C(=O)O. The lowest BCUT2D eigenvalue weighted by Gasteiger charge is -2.08. The highest BCUT2D eigenvalue weighted by atomic mass is 19.1. The zero-order chi connectivity index (χ0) is 13.1. The van der Waals surface area contributed by atoms with Crippen molar-refractivity contribution < 1.29 is 14.3 Å². The second-order valence-electron chi connectivity index (χ2n) is 3.74. The molecule has 18 heavy (non-hydrogen) atoms. The molecule has 1 aromatic heterocycles. The summed E-state index contributed by atoms with van der Waals surface area (Å²) in [6, 6.07) is 8.83. The normalized spacial score (nSPS) is 10.0. The van der Waals surface area contributed by atoms with E-state index in [1.165, 1.54) is 28.8 Å². The van der Waals surface area contributed by atoms with Gasteiger partial charge in [0.15, 0.2) is 0 Å². The van der Waals surface area contributed by atoms with E-state index < -0.39 is 11.8 Å². The first-order valence-electron chi connectivity index (χ1n) is 5.19. The molecular formula is C13H9FN2O2. The van der Waals surface area contributed by atoms with Gasteiger partial charge in [0.05, 0.1) is 11.6 Å². The summed E-state index contributed by atoms with van der Waals surface area (Å²) in [4.78, 5) is 10.9. The van der Waals surface area contributed by atoms with Crippen LogP contribution in [0.3, 0.4) is 0 Å². The number of nitrogens with zero attached hydrogens (tertiary/aromatic N) is 2. The molecule has 0 radical (unpaired) electrons. The van der Waals surface area contributed by atoms with Gasteiger partial charge in [0.25, 0.3) is 0 Å². The molecule has 0 unspecified atom stereocenters. The maximum atomic E-state index is 13.1. The van der Waals surface area contributed by atoms with Gasteiger partial charge in [-0.2, -0.15) is 5.26 Å². The van der Waals surface area contributed by atoms with Crippen molar-refractivity contribution in [3.63, 3.8) is 0 Å². The fourth-order valence-electron chi connectivity index (χ4n) is 1.73. The zero-order valence-corrected chi connectivity index (χ0v) is 9.30. The van der Waals surface area contributed by atoms with E-state index in [9.17, 15) is 9.18 Å². The van der Waals surface area contributed by atoms with Gasteiger partial charge in [-0.3, -0.25) is 0 Å². The predicted molar refractivity (Wildman–Crippen MR) is 61.6 cm³/mol. The van der Waals surface area contributed by atoms with Crippen molar-refractivity contribution in [3.05, 3.63) is 59.2 Å². The molecule has 0 aliphatic rings. The van der Waals surface area contributed by atoms with Crippen molar-refractivity contribution in [2.75, 3.05) is 0 Å². The average molecular weight is 244 g/mol. The van der Waals surface area contributed by atoms with Crippen LogP contribution in [0.15, 0.2) is 36.5 Å². The van der Waals surface area contributed by atoms with E-state index >= 15 is 0 Å². The Kier molecular flexibility index (Phi) is 3.11. The van der Waals surface area contributed by atoms with Crippen LogP contribution in [0.1, 0.15) is 21.6 Å². The second kappa shape index (κ2) is 4.72. The summed E-state index contributed by atoms with van der Waals surface area (Å²) in [6.07, 6.45) is 1.58. The van der Waals surface area contributed by atoms with Crippen molar-refractivity contribution in [2.24, 2.45) is 0 Å². The van der Waals surface area contributed by atoms with Crippen LogP contribution in [-0.2, 0) is 6.54 Å². The highest BCUT2D eigenvalue weighted by Crippen LogP contribution is 2.14. The van der Waals surface area contributed by atoms with Gasteiger partial charge in [-0.25, -0.2) is 9.18 Å². The van der Waals surface area contributed by atoms with E-state index in [0.717, 1.165) is 0 Å². The van der Waals surface area contributed by atoms with E-state index in [1.807, 2.05) is 6.07 Å². The van der Waals surface area contributed by atoms with E-state index in [0.29, 0.717) is 11.1 Å². The summed E-state index contributed by atoms with van der Waals surface area (Å²) >= 11 is 0. The minimum atomic E-state index is -1.06. The second-order valence-corrected chi connectivity index (χ2v) is 3.74. The molecule has 5 heteroatoms. The third-order valence-corrected chi connectivity index (χ3v) is 2.58. The number of carboxylic acids is 1. The number of carbonyl (C=O) groups is 1. The molecule has 2 aromatic rings. The number of hydrogen-bond donors (Lipinski definition) is 1. The van der Waals surface area contributed by atoms with Gasteiger partial charge < -0.3 is 9.67 Å². The molecule has 1 aromatic carbocycles. The van der Waals surface area contributed by atoms with Gasteiger partial charge in [-0.15, -0.1) is 0 Å². The summed E-state index contributed by atoms with van der Waals surface area (Å²) in [5.41, 5.74) is 0.890. The first-order valence-corrected chi connectivity index (χ1v) is 5.19. The molecule has 0 aliphatic carbocycles. The highest BCUT2D eigenvalue weighted by Gasteiger charge is 2.11. The predicted octanol–water partition coefficient (Wildman–Crippen LogP) is 2.25. The minimum absolute atomic E-state index is 0.100. The lowest BCUT2D eigenvalue weighted by atomic mass is 10.1. The fourth-order valence-corrected chi connectivity index (χ4v) is 1.73. The molecule has 0 saturated carbocycles. The number of carboxylic acid groups (broad SMARTS) is 1. The molecule has 90 valence electrons. The van der Waals surface area contributed by atoms with Crippen molar-refractivity contribution >= 4 is 5.97 Å². The molecule has 0 atom stereocenters. The molecule has 4 nitrogen and oxygen atoms in total. The Morgan fingerprint density at radius 1 is 1.44 bits per heavy atom. The molecule has 0 fully saturated rings. The van der Waals surface area contributed by atoms with E-state index in [2.05, 4.69) is 0 Å². The maximum Gasteiger partial charge on any atom is 0.352 e. The van der Waals surface area contributed by atoms with Gasteiger partial charge in [0.2, 0.25) is 0 Å². The lowest BCUT2D eigenvalue weighted by Crippen LogP contribution is -2.09. The number of nitriles is 1. The van der Waals surface area contributed by atoms with Crippen LogP contribution in [-0.4, -0.2) is 15.6 Å². The number of halogens is 1. The summed E-state index contributed by atoms with van der Waals surface area (Å²) in [5, 5.41) is 17.9.